The van der Waals surface area contributed by atoms with Crippen LogP contribution in [-0.4, -0.2) is 27.4 Å². The molecule has 0 saturated carbocycles. The summed E-state index contributed by atoms with van der Waals surface area (Å²) in [5.74, 6) is 0.713. The first-order valence-electron chi connectivity index (χ1n) is 10.8. The largest absolute Gasteiger partial charge is 0.491 e. The van der Waals surface area contributed by atoms with Gasteiger partial charge in [-0.05, 0) is 53.9 Å². The number of hydrogen-bond acceptors (Lipinski definition) is 4. The van der Waals surface area contributed by atoms with Crippen LogP contribution < -0.4 is 15.7 Å². The first-order valence-corrected chi connectivity index (χ1v) is 10.8. The third-order valence-electron chi connectivity index (χ3n) is 5.77. The van der Waals surface area contributed by atoms with Crippen LogP contribution in [0.3, 0.4) is 0 Å². The highest BCUT2D eigenvalue weighted by atomic mass is 16.5. The lowest BCUT2D eigenvalue weighted by atomic mass is 10.1. The minimum absolute atomic E-state index is 0.0856. The number of aliphatic hydroxyl groups is 1. The Labute approximate surface area is 187 Å². The maximum atomic E-state index is 12.1. The number of aryl methyl sites for hydroxylation is 2. The highest BCUT2D eigenvalue weighted by molar-refractivity contribution is 5.77. The van der Waals surface area contributed by atoms with Gasteiger partial charge in [0.05, 0.1) is 11.0 Å². The van der Waals surface area contributed by atoms with Crippen molar-refractivity contribution < 1.29 is 9.84 Å². The van der Waals surface area contributed by atoms with Crippen LogP contribution in [0.1, 0.15) is 22.8 Å². The molecule has 4 rings (SSSR count). The second-order valence-corrected chi connectivity index (χ2v) is 8.03. The van der Waals surface area contributed by atoms with Crippen LogP contribution in [0.15, 0.2) is 77.6 Å². The van der Waals surface area contributed by atoms with E-state index in [0.717, 1.165) is 36.1 Å². The van der Waals surface area contributed by atoms with Crippen molar-refractivity contribution in [1.82, 2.24) is 14.5 Å². The summed E-state index contributed by atoms with van der Waals surface area (Å²) in [6.07, 6.45) is 0.220. The number of aliphatic hydroxyl groups excluding tert-OH is 1. The molecule has 166 valence electrons. The van der Waals surface area contributed by atoms with Gasteiger partial charge in [0.25, 0.3) is 0 Å². The molecule has 0 aliphatic carbocycles. The van der Waals surface area contributed by atoms with Crippen LogP contribution in [-0.2, 0) is 27.1 Å². The van der Waals surface area contributed by atoms with Crippen molar-refractivity contribution in [2.45, 2.75) is 19.1 Å². The van der Waals surface area contributed by atoms with Crippen molar-refractivity contribution >= 4 is 11.0 Å². The Bertz CT molecular complexity index is 1230. The number of aromatic nitrogens is 2. The van der Waals surface area contributed by atoms with E-state index in [1.807, 2.05) is 48.5 Å². The zero-order valence-electron chi connectivity index (χ0n) is 18.5. The molecule has 0 aliphatic heterocycles. The summed E-state index contributed by atoms with van der Waals surface area (Å²) < 4.78 is 8.97. The van der Waals surface area contributed by atoms with E-state index in [9.17, 15) is 9.90 Å². The zero-order chi connectivity index (χ0) is 22.5. The van der Waals surface area contributed by atoms with Crippen molar-refractivity contribution in [3.05, 3.63) is 100.0 Å². The molecule has 32 heavy (non-hydrogen) atoms. The summed E-state index contributed by atoms with van der Waals surface area (Å²) in [7, 11) is 3.47. The second-order valence-electron chi connectivity index (χ2n) is 8.03. The Kier molecular flexibility index (Phi) is 6.73. The van der Waals surface area contributed by atoms with Gasteiger partial charge in [0, 0.05) is 20.6 Å². The van der Waals surface area contributed by atoms with Crippen molar-refractivity contribution in [2.75, 3.05) is 13.2 Å². The van der Waals surface area contributed by atoms with Gasteiger partial charge < -0.3 is 15.2 Å². The first-order chi connectivity index (χ1) is 15.5. The summed E-state index contributed by atoms with van der Waals surface area (Å²) in [6, 6.07) is 23.9. The van der Waals surface area contributed by atoms with Crippen LogP contribution in [0.4, 0.5) is 0 Å². The molecule has 0 amide bonds. The normalized spacial score (nSPS) is 12.2. The van der Waals surface area contributed by atoms with Crippen molar-refractivity contribution in [3.8, 4) is 5.75 Å². The molecule has 0 aliphatic rings. The third-order valence-corrected chi connectivity index (χ3v) is 5.77. The van der Waals surface area contributed by atoms with Crippen LogP contribution in [0.2, 0.25) is 0 Å². The molecule has 0 fully saturated rings. The van der Waals surface area contributed by atoms with Crippen molar-refractivity contribution in [2.24, 2.45) is 14.1 Å². The second kappa shape index (κ2) is 9.85. The van der Waals surface area contributed by atoms with Gasteiger partial charge >= 0.3 is 5.69 Å². The van der Waals surface area contributed by atoms with Gasteiger partial charge in [-0.3, -0.25) is 9.13 Å². The number of hydrogen-bond donors (Lipinski definition) is 2. The summed E-state index contributed by atoms with van der Waals surface area (Å²) in [5.41, 5.74) is 4.77. The highest BCUT2D eigenvalue weighted by Crippen LogP contribution is 2.21. The molecule has 3 aromatic carbocycles. The van der Waals surface area contributed by atoms with E-state index >= 15 is 0 Å². The van der Waals surface area contributed by atoms with Crippen LogP contribution in [0.25, 0.3) is 11.0 Å². The van der Waals surface area contributed by atoms with Crippen LogP contribution in [0, 0.1) is 0 Å². The molecular weight excluding hydrogens is 402 g/mol. The van der Waals surface area contributed by atoms with E-state index in [0.29, 0.717) is 5.75 Å². The average Bonchev–Trinajstić information content (AvgIpc) is 3.05. The number of benzene rings is 3. The molecule has 0 unspecified atom stereocenters. The maximum Gasteiger partial charge on any atom is 0.328 e. The maximum absolute atomic E-state index is 12.1. The summed E-state index contributed by atoms with van der Waals surface area (Å²) in [4.78, 5) is 12.1. The minimum Gasteiger partial charge on any atom is -0.491 e. The lowest BCUT2D eigenvalue weighted by Gasteiger charge is -2.14. The number of imidazole rings is 1. The van der Waals surface area contributed by atoms with E-state index in [-0.39, 0.29) is 12.3 Å². The number of nitrogens with zero attached hydrogens (tertiary/aromatic N) is 2. The predicted molar refractivity (Wildman–Crippen MR) is 127 cm³/mol. The molecule has 4 aromatic rings. The molecule has 0 saturated heterocycles. The quantitative estimate of drug-likeness (QED) is 0.399. The standard InChI is InChI=1S/C26H29N3O3/c1-28-23-13-10-21(16-24(23)29(2)26(28)31)25(30)18-32-22-11-8-20(9-12-22)17-27-15-14-19-6-4-3-5-7-19/h3-13,16,25,27,30H,14-15,17-18H2,1-2H3/t25-/m0/s1. The minimum atomic E-state index is -0.783. The van der Waals surface area contributed by atoms with Gasteiger partial charge in [-0.2, -0.15) is 0 Å². The van der Waals surface area contributed by atoms with Gasteiger partial charge in [0.15, 0.2) is 0 Å². The molecular formula is C26H29N3O3. The fourth-order valence-corrected chi connectivity index (χ4v) is 3.82. The fraction of sp³-hybridized carbons (Fsp3) is 0.269. The smallest absolute Gasteiger partial charge is 0.328 e. The Hall–Kier alpha value is -3.35. The molecule has 1 aromatic heterocycles. The Morgan fingerprint density at radius 1 is 0.906 bits per heavy atom. The third kappa shape index (κ3) is 4.93. The van der Waals surface area contributed by atoms with E-state index in [1.54, 1.807) is 23.2 Å². The molecule has 2 N–H and O–H groups in total. The molecule has 6 heteroatoms. The van der Waals surface area contributed by atoms with E-state index in [4.69, 9.17) is 4.74 Å². The van der Waals surface area contributed by atoms with E-state index in [1.165, 1.54) is 11.1 Å². The summed E-state index contributed by atoms with van der Waals surface area (Å²) in [6.45, 7) is 1.86. The molecule has 1 heterocycles. The Balaban J connectivity index is 1.28. The molecule has 0 bridgehead atoms. The van der Waals surface area contributed by atoms with Gasteiger partial charge in [-0.1, -0.05) is 48.5 Å². The molecule has 6 nitrogen and oxygen atoms in total. The lowest BCUT2D eigenvalue weighted by molar-refractivity contribution is 0.108. The van der Waals surface area contributed by atoms with Gasteiger partial charge in [0.1, 0.15) is 18.5 Å². The number of fused-ring (bicyclic) bond motifs is 1. The lowest BCUT2D eigenvalue weighted by Crippen LogP contribution is -2.19. The molecule has 0 radical (unpaired) electrons. The number of ether oxygens (including phenoxy) is 1. The fourth-order valence-electron chi connectivity index (χ4n) is 3.82. The Morgan fingerprint density at radius 3 is 2.38 bits per heavy atom. The molecule has 1 atom stereocenters. The molecule has 0 spiro atoms. The summed E-state index contributed by atoms with van der Waals surface area (Å²) >= 11 is 0. The van der Waals surface area contributed by atoms with Gasteiger partial charge in [-0.15, -0.1) is 0 Å². The Morgan fingerprint density at radius 2 is 1.62 bits per heavy atom. The average molecular weight is 432 g/mol. The van der Waals surface area contributed by atoms with Gasteiger partial charge in [-0.25, -0.2) is 4.79 Å². The van der Waals surface area contributed by atoms with Crippen molar-refractivity contribution in [1.29, 1.82) is 0 Å². The topological polar surface area (TPSA) is 68.4 Å². The van der Waals surface area contributed by atoms with E-state index < -0.39 is 6.10 Å². The van der Waals surface area contributed by atoms with Crippen LogP contribution in [0.5, 0.6) is 5.75 Å². The predicted octanol–water partition coefficient (Wildman–Crippen LogP) is 3.32. The summed E-state index contributed by atoms with van der Waals surface area (Å²) in [5, 5.41) is 14.0. The zero-order valence-corrected chi connectivity index (χ0v) is 18.5. The van der Waals surface area contributed by atoms with Crippen molar-refractivity contribution in [3.63, 3.8) is 0 Å². The van der Waals surface area contributed by atoms with Gasteiger partial charge in [0.2, 0.25) is 0 Å². The SMILES string of the molecule is Cn1c(=O)n(C)c2cc([C@@H](O)COc3ccc(CNCCc4ccccc4)cc3)ccc21. The van der Waals surface area contributed by atoms with E-state index in [2.05, 4.69) is 29.6 Å². The monoisotopic (exact) mass is 431 g/mol. The number of rotatable bonds is 9. The highest BCUT2D eigenvalue weighted by Gasteiger charge is 2.13. The van der Waals surface area contributed by atoms with Crippen LogP contribution >= 0.6 is 0 Å². The number of nitrogens with one attached hydrogen (secondary N) is 1. The first kappa shape index (κ1) is 21.9.